The van der Waals surface area contributed by atoms with E-state index in [1.807, 2.05) is 6.92 Å². The van der Waals surface area contributed by atoms with Gasteiger partial charge in [-0.05, 0) is 25.1 Å². The van der Waals surface area contributed by atoms with Crippen LogP contribution in [-0.4, -0.2) is 9.78 Å². The molecular formula is C13H12Cl2N4. The van der Waals surface area contributed by atoms with Crippen LogP contribution < -0.4 is 5.32 Å². The van der Waals surface area contributed by atoms with E-state index in [4.69, 9.17) is 28.5 Å². The highest BCUT2D eigenvalue weighted by molar-refractivity contribution is 6.33. The fraction of sp³-hybridized carbons (Fsp3) is 0.231. The molecule has 0 atom stereocenters. The Hall–Kier alpha value is -1.70. The quantitative estimate of drug-likeness (QED) is 0.942. The zero-order valence-electron chi connectivity index (χ0n) is 10.5. The maximum atomic E-state index is 8.87. The van der Waals surface area contributed by atoms with Crippen molar-refractivity contribution in [3.8, 4) is 6.07 Å². The van der Waals surface area contributed by atoms with Crippen LogP contribution in [0.25, 0.3) is 0 Å². The summed E-state index contributed by atoms with van der Waals surface area (Å²) in [5.74, 6) is 0. The highest BCUT2D eigenvalue weighted by Gasteiger charge is 2.11. The van der Waals surface area contributed by atoms with Gasteiger partial charge in [0, 0.05) is 19.2 Å². The first-order chi connectivity index (χ1) is 9.02. The van der Waals surface area contributed by atoms with Crippen molar-refractivity contribution in [3.05, 3.63) is 45.2 Å². The van der Waals surface area contributed by atoms with Crippen molar-refractivity contribution in [2.24, 2.45) is 7.05 Å². The summed E-state index contributed by atoms with van der Waals surface area (Å²) in [6.07, 6.45) is 0. The third-order valence-electron chi connectivity index (χ3n) is 2.82. The molecule has 2 aromatic rings. The van der Waals surface area contributed by atoms with E-state index in [0.717, 1.165) is 11.3 Å². The largest absolute Gasteiger partial charge is 0.380 e. The zero-order valence-corrected chi connectivity index (χ0v) is 12.0. The Kier molecular flexibility index (Phi) is 3.98. The molecule has 0 unspecified atom stereocenters. The fourth-order valence-electron chi connectivity index (χ4n) is 1.79. The Balaban J connectivity index is 2.21. The molecule has 0 amide bonds. The van der Waals surface area contributed by atoms with Crippen molar-refractivity contribution in [3.63, 3.8) is 0 Å². The molecule has 0 saturated heterocycles. The Bertz CT molecular complexity index is 655. The number of aryl methyl sites for hydroxylation is 2. The molecule has 0 aliphatic carbocycles. The van der Waals surface area contributed by atoms with E-state index in [1.165, 1.54) is 0 Å². The number of nitriles is 1. The molecule has 0 saturated carbocycles. The van der Waals surface area contributed by atoms with Crippen molar-refractivity contribution in [2.75, 3.05) is 5.32 Å². The molecule has 0 aliphatic rings. The normalized spacial score (nSPS) is 10.3. The van der Waals surface area contributed by atoms with Crippen LogP contribution in [-0.2, 0) is 13.6 Å². The summed E-state index contributed by atoms with van der Waals surface area (Å²) < 4.78 is 1.63. The molecule has 1 heterocycles. The number of benzene rings is 1. The first kappa shape index (κ1) is 13.7. The summed E-state index contributed by atoms with van der Waals surface area (Å²) in [6, 6.07) is 7.16. The van der Waals surface area contributed by atoms with E-state index >= 15 is 0 Å². The van der Waals surface area contributed by atoms with E-state index in [0.29, 0.717) is 28.0 Å². The Labute approximate surface area is 121 Å². The topological polar surface area (TPSA) is 53.6 Å². The lowest BCUT2D eigenvalue weighted by molar-refractivity contribution is 0.757. The lowest BCUT2D eigenvalue weighted by Gasteiger charge is -2.08. The number of aromatic nitrogens is 2. The summed E-state index contributed by atoms with van der Waals surface area (Å²) in [4.78, 5) is 0. The number of rotatable bonds is 3. The van der Waals surface area contributed by atoms with Gasteiger partial charge in [0.25, 0.3) is 0 Å². The molecule has 2 rings (SSSR count). The van der Waals surface area contributed by atoms with Crippen molar-refractivity contribution in [2.45, 2.75) is 13.5 Å². The van der Waals surface area contributed by atoms with Crippen molar-refractivity contribution < 1.29 is 0 Å². The van der Waals surface area contributed by atoms with Gasteiger partial charge in [-0.2, -0.15) is 10.4 Å². The van der Waals surface area contributed by atoms with Crippen LogP contribution in [0.15, 0.2) is 18.2 Å². The van der Waals surface area contributed by atoms with E-state index in [-0.39, 0.29) is 0 Å². The second-order valence-electron chi connectivity index (χ2n) is 4.14. The molecule has 6 heteroatoms. The van der Waals surface area contributed by atoms with Crippen LogP contribution in [0.3, 0.4) is 0 Å². The van der Waals surface area contributed by atoms with Gasteiger partial charge < -0.3 is 5.32 Å². The predicted octanol–water partition coefficient (Wildman–Crippen LogP) is 3.52. The number of halogens is 2. The second-order valence-corrected chi connectivity index (χ2v) is 4.90. The van der Waals surface area contributed by atoms with Gasteiger partial charge in [0.05, 0.1) is 28.0 Å². The zero-order chi connectivity index (χ0) is 14.0. The summed E-state index contributed by atoms with van der Waals surface area (Å²) in [5.41, 5.74) is 3.05. The molecular weight excluding hydrogens is 283 g/mol. The third-order valence-corrected chi connectivity index (χ3v) is 3.62. The highest BCUT2D eigenvalue weighted by Crippen LogP contribution is 2.25. The van der Waals surface area contributed by atoms with E-state index in [9.17, 15) is 0 Å². The molecule has 0 spiro atoms. The van der Waals surface area contributed by atoms with Crippen LogP contribution in [0.2, 0.25) is 10.2 Å². The summed E-state index contributed by atoms with van der Waals surface area (Å²) in [6.45, 7) is 2.41. The minimum atomic E-state index is 0.507. The van der Waals surface area contributed by atoms with Gasteiger partial charge in [0.2, 0.25) is 0 Å². The van der Waals surface area contributed by atoms with Gasteiger partial charge in [-0.25, -0.2) is 0 Å². The van der Waals surface area contributed by atoms with Crippen molar-refractivity contribution in [1.82, 2.24) is 9.78 Å². The smallest absolute Gasteiger partial charge is 0.131 e. The van der Waals surface area contributed by atoms with Gasteiger partial charge in [0.15, 0.2) is 0 Å². The SMILES string of the molecule is Cc1nn(C)c(Cl)c1CNc1cc(C#N)ccc1Cl. The first-order valence-corrected chi connectivity index (χ1v) is 6.40. The second kappa shape index (κ2) is 5.52. The molecule has 4 nitrogen and oxygen atoms in total. The van der Waals surface area contributed by atoms with Gasteiger partial charge in [-0.15, -0.1) is 0 Å². The lowest BCUT2D eigenvalue weighted by Crippen LogP contribution is -2.01. The first-order valence-electron chi connectivity index (χ1n) is 5.64. The lowest BCUT2D eigenvalue weighted by atomic mass is 10.2. The number of nitrogens with zero attached hydrogens (tertiary/aromatic N) is 3. The van der Waals surface area contributed by atoms with Crippen LogP contribution >= 0.6 is 23.2 Å². The fourth-order valence-corrected chi connectivity index (χ4v) is 2.21. The van der Waals surface area contributed by atoms with E-state index < -0.39 is 0 Å². The summed E-state index contributed by atoms with van der Waals surface area (Å²) >= 11 is 12.2. The highest BCUT2D eigenvalue weighted by atomic mass is 35.5. The van der Waals surface area contributed by atoms with E-state index in [2.05, 4.69) is 16.5 Å². The molecule has 0 radical (unpaired) electrons. The predicted molar refractivity (Wildman–Crippen MR) is 76.4 cm³/mol. The van der Waals surface area contributed by atoms with Crippen molar-refractivity contribution in [1.29, 1.82) is 5.26 Å². The monoisotopic (exact) mass is 294 g/mol. The molecule has 98 valence electrons. The molecule has 0 fully saturated rings. The summed E-state index contributed by atoms with van der Waals surface area (Å²) in [5, 5.41) is 17.5. The van der Waals surface area contributed by atoms with Crippen molar-refractivity contribution >= 4 is 28.9 Å². The molecule has 0 bridgehead atoms. The maximum Gasteiger partial charge on any atom is 0.131 e. The Morgan fingerprint density at radius 2 is 2.16 bits per heavy atom. The standard InChI is InChI=1S/C13H12Cl2N4/c1-8-10(13(15)19(2)18-8)7-17-12-5-9(6-16)3-4-11(12)14/h3-5,17H,7H2,1-2H3. The van der Waals surface area contributed by atoms with Gasteiger partial charge in [-0.3, -0.25) is 4.68 Å². The Morgan fingerprint density at radius 1 is 1.42 bits per heavy atom. The average Bonchev–Trinajstić information content (AvgIpc) is 2.63. The number of hydrogen-bond donors (Lipinski definition) is 1. The third kappa shape index (κ3) is 2.83. The minimum absolute atomic E-state index is 0.507. The van der Waals surface area contributed by atoms with Crippen LogP contribution in [0.4, 0.5) is 5.69 Å². The molecule has 19 heavy (non-hydrogen) atoms. The van der Waals surface area contributed by atoms with Crippen LogP contribution in [0, 0.1) is 18.3 Å². The number of nitrogens with one attached hydrogen (secondary N) is 1. The van der Waals surface area contributed by atoms with E-state index in [1.54, 1.807) is 29.9 Å². The molecule has 1 aromatic heterocycles. The number of hydrogen-bond acceptors (Lipinski definition) is 3. The average molecular weight is 295 g/mol. The van der Waals surface area contributed by atoms with Gasteiger partial charge >= 0.3 is 0 Å². The number of anilines is 1. The summed E-state index contributed by atoms with van der Waals surface area (Å²) in [7, 11) is 1.79. The molecule has 0 aliphatic heterocycles. The van der Waals surface area contributed by atoms with Gasteiger partial charge in [-0.1, -0.05) is 23.2 Å². The Morgan fingerprint density at radius 3 is 2.74 bits per heavy atom. The molecule has 1 N–H and O–H groups in total. The molecule has 1 aromatic carbocycles. The minimum Gasteiger partial charge on any atom is -0.380 e. The van der Waals surface area contributed by atoms with Crippen LogP contribution in [0.1, 0.15) is 16.8 Å². The van der Waals surface area contributed by atoms with Crippen LogP contribution in [0.5, 0.6) is 0 Å². The van der Waals surface area contributed by atoms with Gasteiger partial charge in [0.1, 0.15) is 5.15 Å². The maximum absolute atomic E-state index is 8.87.